The molecule has 0 saturated carbocycles. The second-order valence-corrected chi connectivity index (χ2v) is 6.49. The summed E-state index contributed by atoms with van der Waals surface area (Å²) >= 11 is 0. The number of anilines is 2. The second-order valence-electron chi connectivity index (χ2n) is 6.49. The van der Waals surface area contributed by atoms with Crippen molar-refractivity contribution in [3.8, 4) is 0 Å². The molecule has 3 aromatic carbocycles. The largest absolute Gasteiger partial charge is 0.480 e. The van der Waals surface area contributed by atoms with Gasteiger partial charge in [-0.2, -0.15) is 0 Å². The van der Waals surface area contributed by atoms with Gasteiger partial charge in [-0.3, -0.25) is 5.41 Å². The SMILES string of the molecule is N=C(N)NCCCC(Nc1ccccc1)C(=O)O.Nc1ccc2ccccc2c1. The molecular weight excluding hydrogens is 366 g/mol. The van der Waals surface area contributed by atoms with Crippen LogP contribution in [0.15, 0.2) is 72.8 Å². The number of carboxylic acids is 1. The number of carboxylic acid groups (broad SMARTS) is 1. The standard InChI is InChI=1S/C12H18N4O2.C10H9N/c13-12(14)15-8-4-7-10(11(17)18)16-9-5-2-1-3-6-9;11-10-6-5-8-3-1-2-4-9(8)7-10/h1-3,5-6,10,16H,4,7-8H2,(H,17,18)(H4,13,14,15);1-7H,11H2. The lowest BCUT2D eigenvalue weighted by atomic mass is 10.1. The molecule has 152 valence electrons. The van der Waals surface area contributed by atoms with E-state index in [0.29, 0.717) is 19.4 Å². The first-order valence-electron chi connectivity index (χ1n) is 9.32. The zero-order valence-corrected chi connectivity index (χ0v) is 16.1. The van der Waals surface area contributed by atoms with Gasteiger partial charge in [0.25, 0.3) is 0 Å². The monoisotopic (exact) mass is 393 g/mol. The second kappa shape index (κ2) is 11.2. The molecule has 0 aliphatic rings. The number of hydrogen-bond donors (Lipinski definition) is 6. The van der Waals surface area contributed by atoms with Gasteiger partial charge in [-0.05, 0) is 47.9 Å². The Morgan fingerprint density at radius 3 is 2.31 bits per heavy atom. The van der Waals surface area contributed by atoms with Crippen LogP contribution in [0.4, 0.5) is 11.4 Å². The smallest absolute Gasteiger partial charge is 0.326 e. The number of nitrogens with one attached hydrogen (secondary N) is 3. The first-order chi connectivity index (χ1) is 14.0. The van der Waals surface area contributed by atoms with Gasteiger partial charge in [-0.1, -0.05) is 48.5 Å². The molecule has 1 unspecified atom stereocenters. The van der Waals surface area contributed by atoms with Gasteiger partial charge < -0.3 is 27.2 Å². The molecule has 8 N–H and O–H groups in total. The van der Waals surface area contributed by atoms with E-state index in [2.05, 4.69) is 22.8 Å². The van der Waals surface area contributed by atoms with E-state index in [4.69, 9.17) is 22.0 Å². The number of carbonyl (C=O) groups is 1. The first-order valence-corrected chi connectivity index (χ1v) is 9.32. The van der Waals surface area contributed by atoms with E-state index in [1.165, 1.54) is 10.8 Å². The number of aliphatic carboxylic acids is 1. The highest BCUT2D eigenvalue weighted by molar-refractivity contribution is 5.85. The summed E-state index contributed by atoms with van der Waals surface area (Å²) in [5, 5.41) is 24.1. The minimum absolute atomic E-state index is 0.0992. The third-order valence-electron chi connectivity index (χ3n) is 4.17. The zero-order valence-electron chi connectivity index (χ0n) is 16.1. The number of benzene rings is 3. The summed E-state index contributed by atoms with van der Waals surface area (Å²) in [6.45, 7) is 0.496. The van der Waals surface area contributed by atoms with Crippen LogP contribution in [0, 0.1) is 5.41 Å². The normalized spacial score (nSPS) is 11.0. The molecule has 0 aromatic heterocycles. The van der Waals surface area contributed by atoms with Crippen LogP contribution in [0.25, 0.3) is 10.8 Å². The highest BCUT2D eigenvalue weighted by atomic mass is 16.4. The summed E-state index contributed by atoms with van der Waals surface area (Å²) < 4.78 is 0. The van der Waals surface area contributed by atoms with E-state index < -0.39 is 12.0 Å². The molecule has 0 saturated heterocycles. The molecule has 0 amide bonds. The fourth-order valence-electron chi connectivity index (χ4n) is 2.73. The number of fused-ring (bicyclic) bond motifs is 1. The summed E-state index contributed by atoms with van der Waals surface area (Å²) in [6, 6.07) is 22.7. The molecule has 0 radical (unpaired) electrons. The zero-order chi connectivity index (χ0) is 21.1. The van der Waals surface area contributed by atoms with Gasteiger partial charge in [0.15, 0.2) is 5.96 Å². The van der Waals surface area contributed by atoms with E-state index in [9.17, 15) is 4.79 Å². The van der Waals surface area contributed by atoms with Gasteiger partial charge in [0.1, 0.15) is 6.04 Å². The van der Waals surface area contributed by atoms with E-state index in [-0.39, 0.29) is 5.96 Å². The van der Waals surface area contributed by atoms with Crippen molar-refractivity contribution in [1.82, 2.24) is 5.32 Å². The molecule has 3 aromatic rings. The predicted molar refractivity (Wildman–Crippen MR) is 119 cm³/mol. The van der Waals surface area contributed by atoms with E-state index in [1.807, 2.05) is 60.7 Å². The quantitative estimate of drug-likeness (QED) is 0.158. The molecule has 1 atom stereocenters. The maximum Gasteiger partial charge on any atom is 0.326 e. The summed E-state index contributed by atoms with van der Waals surface area (Å²) in [7, 11) is 0. The number of hydrogen-bond acceptors (Lipinski definition) is 4. The third-order valence-corrected chi connectivity index (χ3v) is 4.17. The van der Waals surface area contributed by atoms with Gasteiger partial charge in [-0.15, -0.1) is 0 Å². The fraction of sp³-hybridized carbons (Fsp3) is 0.182. The molecule has 0 heterocycles. The number of para-hydroxylation sites is 1. The Hall–Kier alpha value is -3.74. The Balaban J connectivity index is 0.000000230. The van der Waals surface area contributed by atoms with Crippen LogP contribution in [0.2, 0.25) is 0 Å². The third kappa shape index (κ3) is 7.80. The Morgan fingerprint density at radius 2 is 1.66 bits per heavy atom. The Morgan fingerprint density at radius 1 is 1.00 bits per heavy atom. The molecule has 0 aliphatic carbocycles. The maximum absolute atomic E-state index is 11.1. The van der Waals surface area contributed by atoms with Gasteiger partial charge >= 0.3 is 5.97 Å². The Labute approximate surface area is 170 Å². The number of nitrogen functional groups attached to an aromatic ring is 1. The lowest BCUT2D eigenvalue weighted by Crippen LogP contribution is -2.33. The van der Waals surface area contributed by atoms with Gasteiger partial charge in [0, 0.05) is 17.9 Å². The number of rotatable bonds is 7. The van der Waals surface area contributed by atoms with E-state index >= 15 is 0 Å². The highest BCUT2D eigenvalue weighted by Crippen LogP contribution is 2.16. The van der Waals surface area contributed by atoms with Crippen molar-refractivity contribution in [2.75, 3.05) is 17.6 Å². The first kappa shape index (κ1) is 21.6. The van der Waals surface area contributed by atoms with Crippen LogP contribution < -0.4 is 22.1 Å². The van der Waals surface area contributed by atoms with Crippen LogP contribution in [-0.4, -0.2) is 29.6 Å². The molecule has 7 heteroatoms. The van der Waals surface area contributed by atoms with Crippen LogP contribution in [-0.2, 0) is 4.79 Å². The van der Waals surface area contributed by atoms with Crippen molar-refractivity contribution in [1.29, 1.82) is 5.41 Å². The Bertz CT molecular complexity index is 931. The molecule has 29 heavy (non-hydrogen) atoms. The average molecular weight is 393 g/mol. The van der Waals surface area contributed by atoms with Crippen LogP contribution in [0.5, 0.6) is 0 Å². The topological polar surface area (TPSA) is 137 Å². The summed E-state index contributed by atoms with van der Waals surface area (Å²) in [6.07, 6.45) is 1.08. The van der Waals surface area contributed by atoms with Gasteiger partial charge in [-0.25, -0.2) is 4.79 Å². The van der Waals surface area contributed by atoms with Crippen LogP contribution in [0.3, 0.4) is 0 Å². The van der Waals surface area contributed by atoms with E-state index in [0.717, 1.165) is 11.4 Å². The predicted octanol–water partition coefficient (Wildman–Crippen LogP) is 3.24. The molecule has 0 aliphatic heterocycles. The molecule has 0 spiro atoms. The summed E-state index contributed by atoms with van der Waals surface area (Å²) in [5.41, 5.74) is 12.4. The van der Waals surface area contributed by atoms with Crippen LogP contribution >= 0.6 is 0 Å². The minimum Gasteiger partial charge on any atom is -0.480 e. The minimum atomic E-state index is -0.887. The lowest BCUT2D eigenvalue weighted by molar-refractivity contribution is -0.138. The molecular formula is C22H27N5O2. The molecule has 7 nitrogen and oxygen atoms in total. The maximum atomic E-state index is 11.1. The summed E-state index contributed by atoms with van der Waals surface area (Å²) in [5.74, 6) is -0.987. The van der Waals surface area contributed by atoms with Crippen LogP contribution in [0.1, 0.15) is 12.8 Å². The number of nitrogens with two attached hydrogens (primary N) is 2. The van der Waals surface area contributed by atoms with Crippen molar-refractivity contribution >= 4 is 34.1 Å². The number of guanidine groups is 1. The van der Waals surface area contributed by atoms with Crippen molar-refractivity contribution in [3.63, 3.8) is 0 Å². The summed E-state index contributed by atoms with van der Waals surface area (Å²) in [4.78, 5) is 11.1. The molecule has 0 bridgehead atoms. The van der Waals surface area contributed by atoms with Crippen molar-refractivity contribution in [3.05, 3.63) is 72.8 Å². The van der Waals surface area contributed by atoms with E-state index in [1.54, 1.807) is 0 Å². The Kier molecular flexibility index (Phi) is 8.31. The van der Waals surface area contributed by atoms with Crippen molar-refractivity contribution in [2.24, 2.45) is 5.73 Å². The average Bonchev–Trinajstić information content (AvgIpc) is 2.71. The molecule has 0 fully saturated rings. The lowest BCUT2D eigenvalue weighted by Gasteiger charge is -2.15. The van der Waals surface area contributed by atoms with Gasteiger partial charge in [0.2, 0.25) is 0 Å². The molecule has 3 rings (SSSR count). The van der Waals surface area contributed by atoms with Crippen molar-refractivity contribution < 1.29 is 9.90 Å². The van der Waals surface area contributed by atoms with Crippen molar-refractivity contribution in [2.45, 2.75) is 18.9 Å². The van der Waals surface area contributed by atoms with Gasteiger partial charge in [0.05, 0.1) is 0 Å². The fourth-order valence-corrected chi connectivity index (χ4v) is 2.73. The highest BCUT2D eigenvalue weighted by Gasteiger charge is 2.16.